The molecule has 0 aliphatic carbocycles. The van der Waals surface area contributed by atoms with E-state index in [1.54, 1.807) is 12.1 Å². The summed E-state index contributed by atoms with van der Waals surface area (Å²) in [5.74, 6) is -0.391. The highest BCUT2D eigenvalue weighted by atomic mass is 79.9. The smallest absolute Gasteiger partial charge is 0.142 e. The van der Waals surface area contributed by atoms with E-state index in [9.17, 15) is 4.39 Å². The number of anilines is 1. The molecule has 0 aliphatic heterocycles. The molecule has 0 bridgehead atoms. The van der Waals surface area contributed by atoms with Crippen LogP contribution in [0.2, 0.25) is 5.02 Å². The molecule has 2 rings (SSSR count). The highest BCUT2D eigenvalue weighted by Gasteiger charge is 2.02. The third-order valence-corrected chi connectivity index (χ3v) is 3.34. The second kappa shape index (κ2) is 5.52. The lowest BCUT2D eigenvalue weighted by Crippen LogP contribution is -2.00. The summed E-state index contributed by atoms with van der Waals surface area (Å²) < 4.78 is 14.2. The van der Waals surface area contributed by atoms with Crippen LogP contribution in [0.3, 0.4) is 0 Å². The fourth-order valence-corrected chi connectivity index (χ4v) is 1.99. The van der Waals surface area contributed by atoms with Crippen molar-refractivity contribution in [3.05, 3.63) is 63.3 Å². The van der Waals surface area contributed by atoms with E-state index in [1.807, 2.05) is 24.3 Å². The second-order valence-corrected chi connectivity index (χ2v) is 4.84. The van der Waals surface area contributed by atoms with Crippen LogP contribution >= 0.6 is 27.5 Å². The fourth-order valence-electron chi connectivity index (χ4n) is 1.45. The minimum Gasteiger partial charge on any atom is -0.380 e. The quantitative estimate of drug-likeness (QED) is 0.853. The van der Waals surface area contributed by atoms with Crippen LogP contribution < -0.4 is 5.32 Å². The van der Waals surface area contributed by atoms with Gasteiger partial charge < -0.3 is 5.32 Å². The van der Waals surface area contributed by atoms with Crippen molar-refractivity contribution in [3.63, 3.8) is 0 Å². The minimum absolute atomic E-state index is 0.148. The lowest BCUT2D eigenvalue weighted by Gasteiger charge is -2.08. The molecule has 1 nitrogen and oxygen atoms in total. The van der Waals surface area contributed by atoms with Gasteiger partial charge in [-0.05, 0) is 45.8 Å². The molecule has 17 heavy (non-hydrogen) atoms. The Hall–Kier alpha value is -1.06. The van der Waals surface area contributed by atoms with E-state index >= 15 is 0 Å². The van der Waals surface area contributed by atoms with Crippen molar-refractivity contribution in [1.82, 2.24) is 0 Å². The molecule has 0 fully saturated rings. The van der Waals surface area contributed by atoms with E-state index in [0.29, 0.717) is 6.54 Å². The molecule has 2 aromatic carbocycles. The van der Waals surface area contributed by atoms with Crippen LogP contribution in [0.4, 0.5) is 10.1 Å². The molecule has 0 atom stereocenters. The molecule has 0 aliphatic rings. The first-order valence-corrected chi connectivity index (χ1v) is 6.26. The number of para-hydroxylation sites is 1. The summed E-state index contributed by atoms with van der Waals surface area (Å²) in [6.07, 6.45) is 0. The molecule has 0 saturated heterocycles. The molecular weight excluding hydrogens is 305 g/mol. The molecule has 0 amide bonds. The third kappa shape index (κ3) is 3.20. The summed E-state index contributed by atoms with van der Waals surface area (Å²) in [5, 5.41) is 3.37. The zero-order valence-electron chi connectivity index (χ0n) is 8.88. The van der Waals surface area contributed by atoms with Gasteiger partial charge in [-0.1, -0.05) is 29.8 Å². The lowest BCUT2D eigenvalue weighted by molar-refractivity contribution is 0.626. The Kier molecular flexibility index (Phi) is 4.02. The van der Waals surface area contributed by atoms with E-state index < -0.39 is 5.82 Å². The topological polar surface area (TPSA) is 12.0 Å². The van der Waals surface area contributed by atoms with Crippen molar-refractivity contribution in [1.29, 1.82) is 0 Å². The van der Waals surface area contributed by atoms with Crippen molar-refractivity contribution in [2.24, 2.45) is 0 Å². The third-order valence-electron chi connectivity index (χ3n) is 2.34. The van der Waals surface area contributed by atoms with Crippen molar-refractivity contribution < 1.29 is 4.39 Å². The molecular formula is C13H10BrClFN. The largest absolute Gasteiger partial charge is 0.380 e. The lowest BCUT2D eigenvalue weighted by atomic mass is 10.2. The highest BCUT2D eigenvalue weighted by Crippen LogP contribution is 2.22. The molecule has 4 heteroatoms. The fraction of sp³-hybridized carbons (Fsp3) is 0.0769. The van der Waals surface area contributed by atoms with E-state index in [4.69, 9.17) is 11.6 Å². The molecule has 88 valence electrons. The highest BCUT2D eigenvalue weighted by molar-refractivity contribution is 9.10. The Labute approximate surface area is 113 Å². The van der Waals surface area contributed by atoms with E-state index in [1.165, 1.54) is 6.07 Å². The predicted octanol–water partition coefficient (Wildman–Crippen LogP) is 4.85. The van der Waals surface area contributed by atoms with Gasteiger partial charge in [0.1, 0.15) is 5.82 Å². The summed E-state index contributed by atoms with van der Waals surface area (Å²) in [6.45, 7) is 0.552. The van der Waals surface area contributed by atoms with E-state index in [2.05, 4.69) is 21.2 Å². The summed E-state index contributed by atoms with van der Waals surface area (Å²) in [6, 6.07) is 12.6. The number of hydrogen-bond acceptors (Lipinski definition) is 1. The van der Waals surface area contributed by atoms with Gasteiger partial charge in [0.25, 0.3) is 0 Å². The average Bonchev–Trinajstić information content (AvgIpc) is 2.32. The van der Waals surface area contributed by atoms with Gasteiger partial charge >= 0.3 is 0 Å². The molecule has 0 aromatic heterocycles. The molecule has 0 spiro atoms. The van der Waals surface area contributed by atoms with Gasteiger partial charge in [0.15, 0.2) is 0 Å². The summed E-state index contributed by atoms with van der Waals surface area (Å²) in [7, 11) is 0. The van der Waals surface area contributed by atoms with Gasteiger partial charge in [-0.15, -0.1) is 0 Å². The number of halogens is 3. The monoisotopic (exact) mass is 313 g/mol. The maximum Gasteiger partial charge on any atom is 0.142 e. The van der Waals surface area contributed by atoms with Gasteiger partial charge in [0, 0.05) is 16.7 Å². The first-order valence-electron chi connectivity index (χ1n) is 5.09. The van der Waals surface area contributed by atoms with Crippen molar-refractivity contribution in [2.45, 2.75) is 6.54 Å². The zero-order chi connectivity index (χ0) is 12.3. The normalized spacial score (nSPS) is 10.3. The van der Waals surface area contributed by atoms with Crippen molar-refractivity contribution in [2.75, 3.05) is 5.32 Å². The average molecular weight is 315 g/mol. The standard InChI is InChI=1S/C13H10BrClFN/c14-10-3-1-2-4-13(10)17-8-9-5-6-11(15)12(16)7-9/h1-7,17H,8H2. The molecule has 0 radical (unpaired) electrons. The van der Waals surface area contributed by atoms with Gasteiger partial charge in [-0.25, -0.2) is 4.39 Å². The Bertz CT molecular complexity index is 531. The Morgan fingerprint density at radius 3 is 2.65 bits per heavy atom. The van der Waals surface area contributed by atoms with Crippen LogP contribution in [0.1, 0.15) is 5.56 Å². The van der Waals surface area contributed by atoms with Crippen LogP contribution in [0.25, 0.3) is 0 Å². The summed E-state index contributed by atoms with van der Waals surface area (Å²) in [5.41, 5.74) is 1.82. The van der Waals surface area contributed by atoms with Crippen LogP contribution in [-0.4, -0.2) is 0 Å². The van der Waals surface area contributed by atoms with E-state index in [-0.39, 0.29) is 5.02 Å². The Balaban J connectivity index is 2.08. The maximum absolute atomic E-state index is 13.2. The minimum atomic E-state index is -0.391. The number of hydrogen-bond donors (Lipinski definition) is 1. The van der Waals surface area contributed by atoms with Crippen LogP contribution in [0.5, 0.6) is 0 Å². The number of nitrogens with one attached hydrogen (secondary N) is 1. The van der Waals surface area contributed by atoms with Crippen LogP contribution in [0.15, 0.2) is 46.9 Å². The molecule has 0 heterocycles. The molecule has 0 saturated carbocycles. The van der Waals surface area contributed by atoms with Crippen LogP contribution in [-0.2, 0) is 6.54 Å². The van der Waals surface area contributed by atoms with E-state index in [0.717, 1.165) is 15.7 Å². The maximum atomic E-state index is 13.2. The molecule has 1 N–H and O–H groups in total. The number of benzene rings is 2. The SMILES string of the molecule is Fc1cc(CNc2ccccc2Br)ccc1Cl. The first kappa shape index (κ1) is 12.4. The van der Waals surface area contributed by atoms with Crippen molar-refractivity contribution in [3.8, 4) is 0 Å². The Morgan fingerprint density at radius 1 is 1.18 bits per heavy atom. The van der Waals surface area contributed by atoms with Gasteiger partial charge in [0.2, 0.25) is 0 Å². The van der Waals surface area contributed by atoms with Crippen molar-refractivity contribution >= 4 is 33.2 Å². The molecule has 0 unspecified atom stereocenters. The first-order chi connectivity index (χ1) is 8.16. The molecule has 2 aromatic rings. The Morgan fingerprint density at radius 2 is 1.94 bits per heavy atom. The second-order valence-electron chi connectivity index (χ2n) is 3.58. The van der Waals surface area contributed by atoms with Gasteiger partial charge in [-0.2, -0.15) is 0 Å². The van der Waals surface area contributed by atoms with Crippen LogP contribution in [0, 0.1) is 5.82 Å². The number of rotatable bonds is 3. The summed E-state index contributed by atoms with van der Waals surface area (Å²) >= 11 is 9.06. The zero-order valence-corrected chi connectivity index (χ0v) is 11.2. The van der Waals surface area contributed by atoms with Gasteiger partial charge in [0.05, 0.1) is 5.02 Å². The summed E-state index contributed by atoms with van der Waals surface area (Å²) in [4.78, 5) is 0. The predicted molar refractivity (Wildman–Crippen MR) is 72.9 cm³/mol. The van der Waals surface area contributed by atoms with Gasteiger partial charge in [-0.3, -0.25) is 0 Å².